The molecule has 2 aromatic rings. The molecule has 8 heteroatoms. The number of anilines is 1. The predicted molar refractivity (Wildman–Crippen MR) is 94.6 cm³/mol. The molecule has 0 unspecified atom stereocenters. The van der Waals surface area contributed by atoms with Crippen LogP contribution in [0.25, 0.3) is 0 Å². The third kappa shape index (κ3) is 4.28. The zero-order valence-electron chi connectivity index (χ0n) is 14.7. The minimum absolute atomic E-state index is 0.0206. The maximum absolute atomic E-state index is 12.8. The summed E-state index contributed by atoms with van der Waals surface area (Å²) >= 11 is 0. The van der Waals surface area contributed by atoms with Crippen molar-refractivity contribution in [3.8, 4) is 0 Å². The summed E-state index contributed by atoms with van der Waals surface area (Å²) in [5.74, 6) is -0.364. The van der Waals surface area contributed by atoms with Crippen molar-refractivity contribution in [1.29, 1.82) is 0 Å². The second-order valence-corrected chi connectivity index (χ2v) is 6.69. The molecule has 1 fully saturated rings. The lowest BCUT2D eigenvalue weighted by Gasteiger charge is -2.20. The Morgan fingerprint density at radius 2 is 2.07 bits per heavy atom. The number of nitrogens with zero attached hydrogens (tertiary/aromatic N) is 1. The Hall–Kier alpha value is -2.45. The van der Waals surface area contributed by atoms with Gasteiger partial charge in [-0.2, -0.15) is 13.2 Å². The van der Waals surface area contributed by atoms with Gasteiger partial charge in [0.15, 0.2) is 0 Å². The van der Waals surface area contributed by atoms with E-state index in [1.54, 1.807) is 18.2 Å². The smallest absolute Gasteiger partial charge is 0.396 e. The van der Waals surface area contributed by atoms with Gasteiger partial charge >= 0.3 is 6.18 Å². The lowest BCUT2D eigenvalue weighted by Crippen LogP contribution is -2.18. The van der Waals surface area contributed by atoms with Crippen LogP contribution >= 0.6 is 0 Å². The van der Waals surface area contributed by atoms with Gasteiger partial charge in [-0.15, -0.1) is 0 Å². The normalized spacial score (nSPS) is 19.9. The van der Waals surface area contributed by atoms with Crippen molar-refractivity contribution in [2.75, 3.05) is 25.0 Å². The Balaban J connectivity index is 1.83. The van der Waals surface area contributed by atoms with Gasteiger partial charge < -0.3 is 15.7 Å². The van der Waals surface area contributed by atoms with E-state index >= 15 is 0 Å². The summed E-state index contributed by atoms with van der Waals surface area (Å²) in [5, 5.41) is 15.2. The summed E-state index contributed by atoms with van der Waals surface area (Å²) < 4.78 is 38.4. The molecule has 1 aromatic heterocycles. The van der Waals surface area contributed by atoms with E-state index in [0.29, 0.717) is 24.8 Å². The fourth-order valence-corrected chi connectivity index (χ4v) is 3.34. The molecule has 0 saturated carbocycles. The van der Waals surface area contributed by atoms with Crippen LogP contribution in [-0.4, -0.2) is 35.7 Å². The second-order valence-electron chi connectivity index (χ2n) is 6.69. The first-order valence-electron chi connectivity index (χ1n) is 8.55. The molecule has 1 saturated heterocycles. The van der Waals surface area contributed by atoms with Crippen molar-refractivity contribution in [2.24, 2.45) is 5.92 Å². The van der Waals surface area contributed by atoms with Crippen LogP contribution in [0, 0.1) is 12.8 Å². The number of benzene rings is 1. The monoisotopic (exact) mass is 379 g/mol. The number of aryl methyl sites for hydroxylation is 1. The van der Waals surface area contributed by atoms with Crippen molar-refractivity contribution >= 4 is 11.6 Å². The molecule has 0 radical (unpaired) electrons. The van der Waals surface area contributed by atoms with Crippen LogP contribution in [-0.2, 0) is 6.18 Å². The average molecular weight is 379 g/mol. The van der Waals surface area contributed by atoms with E-state index in [-0.39, 0.29) is 24.1 Å². The minimum Gasteiger partial charge on any atom is -0.396 e. The van der Waals surface area contributed by atoms with Crippen LogP contribution in [0.5, 0.6) is 0 Å². The Kier molecular flexibility index (Phi) is 5.48. The van der Waals surface area contributed by atoms with Crippen molar-refractivity contribution < 1.29 is 23.1 Å². The third-order valence-electron chi connectivity index (χ3n) is 4.84. The lowest BCUT2D eigenvalue weighted by molar-refractivity contribution is -0.137. The molecule has 3 N–H and O–H groups in total. The van der Waals surface area contributed by atoms with Gasteiger partial charge in [0, 0.05) is 43.3 Å². The van der Waals surface area contributed by atoms with Gasteiger partial charge in [-0.3, -0.25) is 9.78 Å². The fraction of sp³-hybridized carbons (Fsp3) is 0.368. The minimum atomic E-state index is -4.53. The molecule has 3 rings (SSSR count). The van der Waals surface area contributed by atoms with Gasteiger partial charge in [-0.05, 0) is 36.2 Å². The first-order valence-corrected chi connectivity index (χ1v) is 8.55. The zero-order chi connectivity index (χ0) is 19.6. The Bertz CT molecular complexity index is 839. The molecule has 0 aliphatic carbocycles. The predicted octanol–water partition coefficient (Wildman–Crippen LogP) is 2.96. The number of pyridine rings is 1. The summed E-state index contributed by atoms with van der Waals surface area (Å²) in [6.45, 7) is 3.38. The van der Waals surface area contributed by atoms with Crippen LogP contribution in [0.3, 0.4) is 0 Å². The van der Waals surface area contributed by atoms with Crippen LogP contribution in [0.2, 0.25) is 0 Å². The molecule has 0 spiro atoms. The number of halogens is 3. The highest BCUT2D eigenvalue weighted by Crippen LogP contribution is 2.32. The largest absolute Gasteiger partial charge is 0.417 e. The number of carbonyl (C=O) groups excluding carboxylic acids is 1. The number of aliphatic hydroxyl groups is 1. The van der Waals surface area contributed by atoms with Crippen LogP contribution in [0.15, 0.2) is 36.7 Å². The van der Waals surface area contributed by atoms with Crippen molar-refractivity contribution in [3.05, 3.63) is 58.9 Å². The Morgan fingerprint density at radius 1 is 1.30 bits per heavy atom. The number of nitrogens with one attached hydrogen (secondary N) is 2. The van der Waals surface area contributed by atoms with Gasteiger partial charge in [0.2, 0.25) is 0 Å². The molecule has 5 nitrogen and oxygen atoms in total. The van der Waals surface area contributed by atoms with Gasteiger partial charge in [0.05, 0.1) is 17.4 Å². The number of aliphatic hydroxyl groups excluding tert-OH is 1. The highest BCUT2D eigenvalue weighted by atomic mass is 19.4. The van der Waals surface area contributed by atoms with Crippen LogP contribution in [0.1, 0.15) is 33.0 Å². The molecule has 1 amide bonds. The number of carbonyl (C=O) groups is 1. The summed E-state index contributed by atoms with van der Waals surface area (Å²) in [5.41, 5.74) is 1.35. The number of hydrogen-bond donors (Lipinski definition) is 3. The maximum Gasteiger partial charge on any atom is 0.417 e. The van der Waals surface area contributed by atoms with Gasteiger partial charge in [-0.1, -0.05) is 6.07 Å². The summed E-state index contributed by atoms with van der Waals surface area (Å²) in [6, 6.07) is 6.03. The third-order valence-corrected chi connectivity index (χ3v) is 4.84. The highest BCUT2D eigenvalue weighted by Gasteiger charge is 2.31. The van der Waals surface area contributed by atoms with Crippen molar-refractivity contribution in [3.63, 3.8) is 0 Å². The Morgan fingerprint density at radius 3 is 2.78 bits per heavy atom. The standard InChI is InChI=1S/C19H20F3N3O2/c1-11-2-3-12(4-16(11)17-9-23-6-13(17)10-26)18(27)25-15-5-14(7-24-8-15)19(20,21)22/h2-5,7-8,13,17,23,26H,6,9-10H2,1H3,(H,25,27)/t13-,17+/m0/s1. The summed E-state index contributed by atoms with van der Waals surface area (Å²) in [6.07, 6.45) is -2.65. The average Bonchev–Trinajstić information content (AvgIpc) is 3.10. The number of amides is 1. The molecule has 2 heterocycles. The molecule has 144 valence electrons. The van der Waals surface area contributed by atoms with E-state index in [9.17, 15) is 23.1 Å². The summed E-state index contributed by atoms with van der Waals surface area (Å²) in [4.78, 5) is 16.1. The molecule has 0 bridgehead atoms. The molecule has 27 heavy (non-hydrogen) atoms. The van der Waals surface area contributed by atoms with Crippen LogP contribution in [0.4, 0.5) is 18.9 Å². The van der Waals surface area contributed by atoms with Gasteiger partial charge in [0.1, 0.15) is 0 Å². The highest BCUT2D eigenvalue weighted by molar-refractivity contribution is 6.04. The van der Waals surface area contributed by atoms with Crippen molar-refractivity contribution in [2.45, 2.75) is 19.0 Å². The molecule has 2 atom stereocenters. The Labute approximate surface area is 154 Å². The quantitative estimate of drug-likeness (QED) is 0.764. The second kappa shape index (κ2) is 7.66. The lowest BCUT2D eigenvalue weighted by atomic mass is 9.86. The van der Waals surface area contributed by atoms with Gasteiger partial charge in [-0.25, -0.2) is 0 Å². The molecule has 1 aromatic carbocycles. The van der Waals surface area contributed by atoms with Crippen molar-refractivity contribution in [1.82, 2.24) is 10.3 Å². The zero-order valence-corrected chi connectivity index (χ0v) is 14.7. The van der Waals surface area contributed by atoms with E-state index < -0.39 is 17.6 Å². The number of alkyl halides is 3. The SMILES string of the molecule is Cc1ccc(C(=O)Nc2cncc(C(F)(F)F)c2)cc1[C@@H]1CNC[C@H]1CO. The fourth-order valence-electron chi connectivity index (χ4n) is 3.34. The number of hydrogen-bond acceptors (Lipinski definition) is 4. The topological polar surface area (TPSA) is 74.2 Å². The molecule has 1 aliphatic heterocycles. The van der Waals surface area contributed by atoms with E-state index in [1.807, 2.05) is 6.92 Å². The maximum atomic E-state index is 12.8. The van der Waals surface area contributed by atoms with E-state index in [2.05, 4.69) is 15.6 Å². The molecular weight excluding hydrogens is 359 g/mol. The van der Waals surface area contributed by atoms with E-state index in [1.165, 1.54) is 6.20 Å². The first-order chi connectivity index (χ1) is 12.8. The molecule has 1 aliphatic rings. The van der Waals surface area contributed by atoms with Crippen LogP contribution < -0.4 is 10.6 Å². The van der Waals surface area contributed by atoms with E-state index in [0.717, 1.165) is 17.2 Å². The molecular formula is C19H20F3N3O2. The number of rotatable bonds is 4. The number of aromatic nitrogens is 1. The first kappa shape index (κ1) is 19.3. The van der Waals surface area contributed by atoms with E-state index in [4.69, 9.17) is 0 Å². The van der Waals surface area contributed by atoms with Gasteiger partial charge in [0.25, 0.3) is 5.91 Å². The summed E-state index contributed by atoms with van der Waals surface area (Å²) in [7, 11) is 0.